The van der Waals surface area contributed by atoms with Crippen LogP contribution in [0.15, 0.2) is 88.8 Å². The first kappa shape index (κ1) is 22.7. The van der Waals surface area contributed by atoms with Crippen LogP contribution in [-0.4, -0.2) is 28.9 Å². The Labute approximate surface area is 208 Å². The van der Waals surface area contributed by atoms with Gasteiger partial charge < -0.3 is 9.47 Å². The van der Waals surface area contributed by atoms with Crippen LogP contribution in [0.4, 0.5) is 0 Å². The maximum absolute atomic E-state index is 12.8. The largest absolute Gasteiger partial charge is 0.493 e. The molecule has 0 aliphatic carbocycles. The van der Waals surface area contributed by atoms with E-state index in [9.17, 15) is 4.79 Å². The molecule has 174 valence electrons. The van der Waals surface area contributed by atoms with E-state index < -0.39 is 5.91 Å². The van der Waals surface area contributed by atoms with Gasteiger partial charge in [-0.1, -0.05) is 72.4 Å². The second-order valence-corrected chi connectivity index (χ2v) is 8.89. The van der Waals surface area contributed by atoms with Crippen molar-refractivity contribution in [2.45, 2.75) is 13.5 Å². The average Bonchev–Trinajstić information content (AvgIpc) is 3.31. The maximum atomic E-state index is 12.8. The lowest BCUT2D eigenvalue weighted by molar-refractivity contribution is -0.114. The van der Waals surface area contributed by atoms with Gasteiger partial charge in [-0.05, 0) is 47.4 Å². The first-order valence-electron chi connectivity index (χ1n) is 11.1. The molecule has 1 amide bonds. The summed E-state index contributed by atoms with van der Waals surface area (Å²) in [6, 6.07) is 23.3. The Balaban J connectivity index is 1.41. The fraction of sp³-hybridized carbons (Fsp3) is 0.107. The summed E-state index contributed by atoms with van der Waals surface area (Å²) in [5, 5.41) is 11.2. The number of benzene rings is 3. The highest BCUT2D eigenvalue weighted by Crippen LogP contribution is 2.37. The maximum Gasteiger partial charge on any atom is 0.283 e. The van der Waals surface area contributed by atoms with E-state index in [-0.39, 0.29) is 11.4 Å². The lowest BCUT2D eigenvalue weighted by atomic mass is 10.1. The van der Waals surface area contributed by atoms with E-state index in [1.165, 1.54) is 11.8 Å². The first-order chi connectivity index (χ1) is 17.0. The molecular weight excluding hydrogens is 458 g/mol. The summed E-state index contributed by atoms with van der Waals surface area (Å²) in [7, 11) is 1.58. The Hall–Kier alpha value is -4.10. The number of methoxy groups -OCH3 is 1. The molecule has 0 atom stereocenters. The Bertz CT molecular complexity index is 1410. The minimum Gasteiger partial charge on any atom is -0.493 e. The number of fused-ring (bicyclic) bond motifs is 1. The predicted molar refractivity (Wildman–Crippen MR) is 140 cm³/mol. The van der Waals surface area contributed by atoms with E-state index in [1.54, 1.807) is 24.2 Å². The normalized spacial score (nSPS) is 16.2. The van der Waals surface area contributed by atoms with Crippen LogP contribution >= 0.6 is 11.8 Å². The molecule has 0 spiro atoms. The molecule has 6 nitrogen and oxygen atoms in total. The second-order valence-electron chi connectivity index (χ2n) is 8.05. The Morgan fingerprint density at radius 3 is 2.57 bits per heavy atom. The summed E-state index contributed by atoms with van der Waals surface area (Å²) in [6.07, 6.45) is 1.67. The number of amides is 1. The summed E-state index contributed by atoms with van der Waals surface area (Å²) >= 11 is 1.35. The molecule has 0 aromatic heterocycles. The lowest BCUT2D eigenvalue weighted by Gasteiger charge is -2.27. The highest BCUT2D eigenvalue weighted by molar-refractivity contribution is 8.17. The SMILES string of the molecule is COc1cc(C=C2C(=N)N3C(c4ccccc4)=CSC3=NC2=O)ccc1OCc1ccccc1C. The summed E-state index contributed by atoms with van der Waals surface area (Å²) in [5.74, 6) is 0.816. The van der Waals surface area contributed by atoms with E-state index in [0.29, 0.717) is 28.8 Å². The lowest BCUT2D eigenvalue weighted by Crippen LogP contribution is -2.38. The van der Waals surface area contributed by atoms with Gasteiger partial charge in [0.2, 0.25) is 0 Å². The summed E-state index contributed by atoms with van der Waals surface area (Å²) in [4.78, 5) is 18.7. The van der Waals surface area contributed by atoms with Crippen molar-refractivity contribution < 1.29 is 14.3 Å². The average molecular weight is 482 g/mol. The number of aryl methyl sites for hydroxylation is 1. The molecule has 2 heterocycles. The number of amidine groups is 2. The van der Waals surface area contributed by atoms with Crippen LogP contribution in [0.25, 0.3) is 11.8 Å². The number of carbonyl (C=O) groups is 1. The van der Waals surface area contributed by atoms with Crippen LogP contribution in [0.5, 0.6) is 11.5 Å². The molecule has 3 aromatic rings. The van der Waals surface area contributed by atoms with Gasteiger partial charge in [0.25, 0.3) is 5.91 Å². The van der Waals surface area contributed by atoms with Gasteiger partial charge >= 0.3 is 0 Å². The number of rotatable bonds is 6. The summed E-state index contributed by atoms with van der Waals surface area (Å²) in [5.41, 5.74) is 4.98. The van der Waals surface area contributed by atoms with Gasteiger partial charge in [0, 0.05) is 5.41 Å². The highest BCUT2D eigenvalue weighted by atomic mass is 32.2. The third-order valence-corrected chi connectivity index (χ3v) is 6.65. The number of nitrogens with one attached hydrogen (secondary N) is 1. The standard InChI is InChI=1S/C28H23N3O3S/c1-18-8-6-7-11-21(18)16-34-24-13-12-19(15-25(24)33-2)14-22-26(29)31-23(20-9-4-3-5-10-20)17-35-28(31)30-27(22)32/h3-15,17,29H,16H2,1-2H3. The molecule has 2 aliphatic rings. The zero-order valence-electron chi connectivity index (χ0n) is 19.3. The van der Waals surface area contributed by atoms with Gasteiger partial charge in [-0.3, -0.25) is 15.1 Å². The van der Waals surface area contributed by atoms with Gasteiger partial charge in [-0.25, -0.2) is 0 Å². The van der Waals surface area contributed by atoms with E-state index >= 15 is 0 Å². The summed E-state index contributed by atoms with van der Waals surface area (Å²) < 4.78 is 11.6. The molecule has 0 bridgehead atoms. The smallest absolute Gasteiger partial charge is 0.283 e. The molecular formula is C28H23N3O3S. The number of ether oxygens (including phenoxy) is 2. The number of carbonyl (C=O) groups excluding carboxylic acids is 1. The van der Waals surface area contributed by atoms with Gasteiger partial charge in [0.05, 0.1) is 18.4 Å². The second kappa shape index (κ2) is 9.64. The minimum absolute atomic E-state index is 0.0962. The van der Waals surface area contributed by atoms with Gasteiger partial charge in [-0.2, -0.15) is 4.99 Å². The monoisotopic (exact) mass is 481 g/mol. The quantitative estimate of drug-likeness (QED) is 0.445. The van der Waals surface area contributed by atoms with Crippen molar-refractivity contribution in [2.75, 3.05) is 7.11 Å². The number of hydrogen-bond donors (Lipinski definition) is 1. The van der Waals surface area contributed by atoms with Crippen molar-refractivity contribution in [3.8, 4) is 11.5 Å². The van der Waals surface area contributed by atoms with Crippen LogP contribution in [0.3, 0.4) is 0 Å². The number of hydrogen-bond acceptors (Lipinski definition) is 5. The fourth-order valence-corrected chi connectivity index (χ4v) is 4.79. The van der Waals surface area contributed by atoms with Crippen molar-refractivity contribution in [1.29, 1.82) is 5.41 Å². The van der Waals surface area contributed by atoms with E-state index in [2.05, 4.69) is 4.99 Å². The van der Waals surface area contributed by atoms with Crippen molar-refractivity contribution in [2.24, 2.45) is 4.99 Å². The molecule has 3 aromatic carbocycles. The van der Waals surface area contributed by atoms with Gasteiger partial charge in [0.1, 0.15) is 12.4 Å². The van der Waals surface area contributed by atoms with E-state index in [0.717, 1.165) is 22.4 Å². The molecule has 1 N–H and O–H groups in total. The fourth-order valence-electron chi connectivity index (χ4n) is 3.90. The Kier molecular flexibility index (Phi) is 6.25. The predicted octanol–water partition coefficient (Wildman–Crippen LogP) is 5.89. The Morgan fingerprint density at radius 1 is 1.03 bits per heavy atom. The molecule has 0 radical (unpaired) electrons. The minimum atomic E-state index is -0.435. The van der Waals surface area contributed by atoms with Gasteiger partial charge in [0.15, 0.2) is 16.7 Å². The summed E-state index contributed by atoms with van der Waals surface area (Å²) in [6.45, 7) is 2.47. The van der Waals surface area contributed by atoms with Gasteiger partial charge in [-0.15, -0.1) is 0 Å². The van der Waals surface area contributed by atoms with Crippen molar-refractivity contribution in [3.05, 3.63) is 106 Å². The third-order valence-electron chi connectivity index (χ3n) is 5.83. The topological polar surface area (TPSA) is 75.0 Å². The first-order valence-corrected chi connectivity index (χ1v) is 11.9. The third kappa shape index (κ3) is 4.50. The molecule has 35 heavy (non-hydrogen) atoms. The van der Waals surface area contributed by atoms with E-state index in [1.807, 2.05) is 79.1 Å². The highest BCUT2D eigenvalue weighted by Gasteiger charge is 2.36. The Morgan fingerprint density at radius 2 is 1.80 bits per heavy atom. The van der Waals surface area contributed by atoms with Crippen molar-refractivity contribution >= 4 is 40.4 Å². The molecule has 0 saturated carbocycles. The van der Waals surface area contributed by atoms with E-state index in [4.69, 9.17) is 14.9 Å². The van der Waals surface area contributed by atoms with Crippen LogP contribution in [0.1, 0.15) is 22.3 Å². The molecule has 7 heteroatoms. The van der Waals surface area contributed by atoms with Crippen LogP contribution in [0, 0.1) is 12.3 Å². The van der Waals surface area contributed by atoms with Crippen molar-refractivity contribution in [1.82, 2.24) is 4.90 Å². The zero-order chi connectivity index (χ0) is 24.4. The number of nitrogens with zero attached hydrogens (tertiary/aromatic N) is 2. The van der Waals surface area contributed by atoms with Crippen LogP contribution < -0.4 is 9.47 Å². The van der Waals surface area contributed by atoms with Crippen LogP contribution in [0.2, 0.25) is 0 Å². The zero-order valence-corrected chi connectivity index (χ0v) is 20.1. The molecule has 5 rings (SSSR count). The molecule has 2 aliphatic heterocycles. The number of aliphatic imine (C=N–C) groups is 1. The van der Waals surface area contributed by atoms with Crippen LogP contribution in [-0.2, 0) is 11.4 Å². The number of thioether (sulfide) groups is 1. The van der Waals surface area contributed by atoms with Crippen molar-refractivity contribution in [3.63, 3.8) is 0 Å². The molecule has 0 saturated heterocycles. The molecule has 0 unspecified atom stereocenters. The molecule has 0 fully saturated rings.